The number of rotatable bonds is 4. The van der Waals surface area contributed by atoms with E-state index in [1.165, 1.54) is 6.08 Å². The minimum atomic E-state index is -1.57. The highest BCUT2D eigenvalue weighted by Crippen LogP contribution is 2.30. The van der Waals surface area contributed by atoms with Gasteiger partial charge in [0.1, 0.15) is 6.10 Å². The van der Waals surface area contributed by atoms with E-state index in [4.69, 9.17) is 11.2 Å². The molecule has 0 saturated carbocycles. The monoisotopic (exact) mass is 328 g/mol. The first-order valence-electron chi connectivity index (χ1n) is 6.52. The lowest BCUT2D eigenvalue weighted by atomic mass is 9.99. The van der Waals surface area contributed by atoms with E-state index < -0.39 is 11.9 Å². The first kappa shape index (κ1) is 16.5. The topological polar surface area (TPSA) is 49.7 Å². The van der Waals surface area contributed by atoms with Crippen LogP contribution in [0, 0.1) is 12.3 Å². The van der Waals surface area contributed by atoms with Crippen molar-refractivity contribution in [2.75, 3.05) is 0 Å². The Labute approximate surface area is 123 Å². The van der Waals surface area contributed by atoms with Crippen LogP contribution >= 0.6 is 15.9 Å². The molecule has 4 heteroatoms. The van der Waals surface area contributed by atoms with Crippen molar-refractivity contribution in [3.05, 3.63) is 24.3 Å². The van der Waals surface area contributed by atoms with Crippen LogP contribution in [-0.2, 0) is 4.74 Å². The zero-order valence-electron chi connectivity index (χ0n) is 11.1. The molecule has 0 amide bonds. The van der Waals surface area contributed by atoms with Gasteiger partial charge < -0.3 is 14.9 Å². The van der Waals surface area contributed by atoms with Gasteiger partial charge in [0, 0.05) is 11.2 Å². The molecule has 0 bridgehead atoms. The molecule has 0 aliphatic carbocycles. The number of hydrogen-bond acceptors (Lipinski definition) is 3. The Balaban J connectivity index is 2.80. The molecule has 2 N–H and O–H groups in total. The summed E-state index contributed by atoms with van der Waals surface area (Å²) in [7, 11) is 0. The average molecular weight is 329 g/mol. The predicted molar refractivity (Wildman–Crippen MR) is 79.8 cm³/mol. The Morgan fingerprint density at radius 2 is 2.37 bits per heavy atom. The molecule has 4 atom stereocenters. The molecule has 3 nitrogen and oxygen atoms in total. The summed E-state index contributed by atoms with van der Waals surface area (Å²) < 4.78 is 5.75. The smallest absolute Gasteiger partial charge is 0.196 e. The predicted octanol–water partition coefficient (Wildman–Crippen LogP) is 2.52. The van der Waals surface area contributed by atoms with Gasteiger partial charge in [0.05, 0.1) is 6.10 Å². The highest BCUT2D eigenvalue weighted by molar-refractivity contribution is 9.09. The molecule has 0 radical (unpaired) electrons. The van der Waals surface area contributed by atoms with E-state index in [2.05, 4.69) is 21.9 Å². The van der Waals surface area contributed by atoms with Gasteiger partial charge in [0.15, 0.2) is 5.79 Å². The van der Waals surface area contributed by atoms with Crippen LogP contribution < -0.4 is 0 Å². The fraction of sp³-hybridized carbons (Fsp3) is 0.600. The van der Waals surface area contributed by atoms with Gasteiger partial charge in [-0.3, -0.25) is 0 Å². The SMILES string of the molecule is C#C/C=C/C[C@@H](O)[C@]1(O)C/C=C\C[C@H](Br)C(CC)O1. The third-order valence-electron chi connectivity index (χ3n) is 3.19. The number of alkyl halides is 1. The van der Waals surface area contributed by atoms with Gasteiger partial charge >= 0.3 is 0 Å². The van der Waals surface area contributed by atoms with E-state index in [9.17, 15) is 10.2 Å². The Bertz CT molecular complexity index is 372. The third kappa shape index (κ3) is 4.77. The molecule has 0 aromatic rings. The van der Waals surface area contributed by atoms with Crippen LogP contribution in [0.3, 0.4) is 0 Å². The largest absolute Gasteiger partial charge is 0.387 e. The standard InChI is InChI=1S/C15H21BrO3/c1-3-5-6-10-14(17)15(18)11-8-7-9-12(16)13(4-2)19-15/h1,5-8,12-14,17-18H,4,9-11H2,2H3/b6-5+,8-7-/t12-,13?,14+,15-/m0/s1. The van der Waals surface area contributed by atoms with Crippen LogP contribution in [0.25, 0.3) is 0 Å². The van der Waals surface area contributed by atoms with Gasteiger partial charge in [-0.25, -0.2) is 0 Å². The van der Waals surface area contributed by atoms with Crippen molar-refractivity contribution in [3.63, 3.8) is 0 Å². The van der Waals surface area contributed by atoms with Crippen molar-refractivity contribution >= 4 is 15.9 Å². The summed E-state index contributed by atoms with van der Waals surface area (Å²) in [6.07, 6.45) is 13.1. The molecule has 0 aromatic heterocycles. The fourth-order valence-corrected chi connectivity index (χ4v) is 2.71. The lowest BCUT2D eigenvalue weighted by Gasteiger charge is -2.37. The highest BCUT2D eigenvalue weighted by atomic mass is 79.9. The molecule has 0 aromatic carbocycles. The second-order valence-electron chi connectivity index (χ2n) is 4.66. The number of aliphatic hydroxyl groups excluding tert-OH is 1. The molecule has 0 saturated heterocycles. The summed E-state index contributed by atoms with van der Waals surface area (Å²) in [5.41, 5.74) is 0. The van der Waals surface area contributed by atoms with Crippen LogP contribution in [0.1, 0.15) is 32.6 Å². The molecule has 19 heavy (non-hydrogen) atoms. The molecule has 1 rings (SSSR count). The van der Waals surface area contributed by atoms with Gasteiger partial charge in [-0.15, -0.1) is 6.42 Å². The van der Waals surface area contributed by atoms with Gasteiger partial charge in [-0.2, -0.15) is 0 Å². The molecular weight excluding hydrogens is 308 g/mol. The number of hydrogen-bond donors (Lipinski definition) is 2. The summed E-state index contributed by atoms with van der Waals surface area (Å²) in [4.78, 5) is 0.133. The van der Waals surface area contributed by atoms with E-state index in [1.807, 2.05) is 19.1 Å². The van der Waals surface area contributed by atoms with Gasteiger partial charge in [0.2, 0.25) is 0 Å². The first-order valence-corrected chi connectivity index (χ1v) is 7.43. The number of allylic oxidation sites excluding steroid dienone is 2. The molecular formula is C15H21BrO3. The van der Waals surface area contributed by atoms with Crippen molar-refractivity contribution in [2.45, 2.75) is 55.4 Å². The Morgan fingerprint density at radius 3 is 3.00 bits per heavy atom. The van der Waals surface area contributed by atoms with E-state index in [0.29, 0.717) is 0 Å². The van der Waals surface area contributed by atoms with E-state index >= 15 is 0 Å². The molecule has 1 heterocycles. The summed E-state index contributed by atoms with van der Waals surface area (Å²) in [5.74, 6) is 0.785. The summed E-state index contributed by atoms with van der Waals surface area (Å²) in [6.45, 7) is 2.00. The lowest BCUT2D eigenvalue weighted by Crippen LogP contribution is -2.49. The van der Waals surface area contributed by atoms with Gasteiger partial charge in [-0.05, 0) is 25.3 Å². The second kappa shape index (κ2) is 7.86. The number of terminal acetylenes is 1. The van der Waals surface area contributed by atoms with Crippen molar-refractivity contribution < 1.29 is 14.9 Å². The average Bonchev–Trinajstić information content (AvgIpc) is 2.39. The zero-order chi connectivity index (χ0) is 14.3. The van der Waals surface area contributed by atoms with Crippen molar-refractivity contribution in [1.29, 1.82) is 0 Å². The summed E-state index contributed by atoms with van der Waals surface area (Å²) in [5, 5.41) is 20.7. The quantitative estimate of drug-likeness (QED) is 0.473. The van der Waals surface area contributed by atoms with E-state index in [0.717, 1.165) is 12.8 Å². The number of ether oxygens (including phenoxy) is 1. The maximum atomic E-state index is 10.5. The fourth-order valence-electron chi connectivity index (χ4n) is 2.02. The molecule has 0 spiro atoms. The Kier molecular flexibility index (Phi) is 6.81. The minimum Gasteiger partial charge on any atom is -0.387 e. The van der Waals surface area contributed by atoms with Gasteiger partial charge in [-0.1, -0.05) is 47.0 Å². The number of halogens is 1. The molecule has 1 aliphatic heterocycles. The van der Waals surface area contributed by atoms with Crippen molar-refractivity contribution in [3.8, 4) is 12.3 Å². The van der Waals surface area contributed by atoms with Gasteiger partial charge in [0.25, 0.3) is 0 Å². The summed E-state index contributed by atoms with van der Waals surface area (Å²) >= 11 is 3.55. The Morgan fingerprint density at radius 1 is 1.63 bits per heavy atom. The summed E-state index contributed by atoms with van der Waals surface area (Å²) in [6, 6.07) is 0. The first-order chi connectivity index (χ1) is 9.03. The zero-order valence-corrected chi connectivity index (χ0v) is 12.7. The van der Waals surface area contributed by atoms with Crippen LogP contribution in [0.5, 0.6) is 0 Å². The molecule has 0 fully saturated rings. The van der Waals surface area contributed by atoms with Crippen LogP contribution in [0.2, 0.25) is 0 Å². The lowest BCUT2D eigenvalue weighted by molar-refractivity contribution is -0.274. The molecule has 106 valence electrons. The number of aliphatic hydroxyl groups is 2. The van der Waals surface area contributed by atoms with E-state index in [1.54, 1.807) is 6.08 Å². The van der Waals surface area contributed by atoms with Crippen LogP contribution in [0.4, 0.5) is 0 Å². The second-order valence-corrected chi connectivity index (χ2v) is 5.83. The normalized spacial score (nSPS) is 35.3. The molecule has 1 unspecified atom stereocenters. The maximum absolute atomic E-state index is 10.5. The maximum Gasteiger partial charge on any atom is 0.196 e. The van der Waals surface area contributed by atoms with Crippen molar-refractivity contribution in [2.24, 2.45) is 0 Å². The third-order valence-corrected chi connectivity index (χ3v) is 4.16. The highest BCUT2D eigenvalue weighted by Gasteiger charge is 2.39. The molecule has 1 aliphatic rings. The van der Waals surface area contributed by atoms with Crippen molar-refractivity contribution in [1.82, 2.24) is 0 Å². The van der Waals surface area contributed by atoms with Crippen LogP contribution in [-0.4, -0.2) is 33.0 Å². The van der Waals surface area contributed by atoms with Crippen LogP contribution in [0.15, 0.2) is 24.3 Å². The minimum absolute atomic E-state index is 0.133. The Hall–Kier alpha value is -0.600. The van der Waals surface area contributed by atoms with E-state index in [-0.39, 0.29) is 23.8 Å².